The predicted octanol–water partition coefficient (Wildman–Crippen LogP) is 6.30. The summed E-state index contributed by atoms with van der Waals surface area (Å²) >= 11 is 5.92. The van der Waals surface area contributed by atoms with Crippen molar-refractivity contribution in [3.05, 3.63) is 95.0 Å². The Morgan fingerprint density at radius 2 is 1.58 bits per heavy atom. The highest BCUT2D eigenvalue weighted by Crippen LogP contribution is 2.27. The topological polar surface area (TPSA) is 63.7 Å². The number of anilines is 1. The molecule has 0 bridgehead atoms. The lowest BCUT2D eigenvalue weighted by Gasteiger charge is -2.21. The number of hydrogen-bond acceptors (Lipinski definition) is 4. The number of amides is 1. The van der Waals surface area contributed by atoms with Crippen LogP contribution < -0.4 is 9.04 Å². The molecular weight excluding hydrogens is 458 g/mol. The van der Waals surface area contributed by atoms with Crippen LogP contribution in [0.1, 0.15) is 37.8 Å². The Kier molecular flexibility index (Phi) is 7.95. The van der Waals surface area contributed by atoms with Crippen molar-refractivity contribution in [1.29, 1.82) is 0 Å². The van der Waals surface area contributed by atoms with E-state index in [9.17, 15) is 13.2 Å². The number of carbonyl (C=O) groups excluding carboxylic acids is 1. The smallest absolute Gasteiger partial charge is 0.271 e. The standard InChI is InChI=1S/C26H26ClNO4S/c1-4-32-24-14-12-23(13-15-24)28(33(30,31)25-16-10-22(27)11-17-25)26(29)18-7-20-5-8-21(9-6-20)19(2)3/h5-19H,4H2,1-3H3/b18-7+. The second-order valence-electron chi connectivity index (χ2n) is 7.64. The summed E-state index contributed by atoms with van der Waals surface area (Å²) in [5, 5.41) is 0.401. The molecule has 5 nitrogen and oxygen atoms in total. The van der Waals surface area contributed by atoms with Gasteiger partial charge in [-0.25, -0.2) is 8.42 Å². The van der Waals surface area contributed by atoms with Crippen LogP contribution in [0, 0.1) is 0 Å². The average molecular weight is 484 g/mol. The van der Waals surface area contributed by atoms with Gasteiger partial charge in [0.2, 0.25) is 0 Å². The molecule has 0 aliphatic rings. The van der Waals surface area contributed by atoms with Crippen LogP contribution in [0.2, 0.25) is 5.02 Å². The second-order valence-corrected chi connectivity index (χ2v) is 9.87. The third kappa shape index (κ3) is 6.03. The number of halogens is 1. The van der Waals surface area contributed by atoms with Crippen LogP contribution in [0.5, 0.6) is 5.75 Å². The maximum Gasteiger partial charge on any atom is 0.271 e. The molecule has 0 saturated heterocycles. The molecule has 3 aromatic carbocycles. The van der Waals surface area contributed by atoms with Crippen LogP contribution in [0.4, 0.5) is 5.69 Å². The third-order valence-corrected chi connectivity index (χ3v) is 6.95. The SMILES string of the molecule is CCOc1ccc(N(C(=O)/C=C/c2ccc(C(C)C)cc2)S(=O)(=O)c2ccc(Cl)cc2)cc1. The molecule has 0 radical (unpaired) electrons. The largest absolute Gasteiger partial charge is 0.494 e. The number of carbonyl (C=O) groups is 1. The van der Waals surface area contributed by atoms with Crippen LogP contribution in [0.25, 0.3) is 6.08 Å². The van der Waals surface area contributed by atoms with Crippen LogP contribution in [0.15, 0.2) is 83.8 Å². The van der Waals surface area contributed by atoms with Gasteiger partial charge < -0.3 is 4.74 Å². The van der Waals surface area contributed by atoms with Crippen molar-refractivity contribution in [2.24, 2.45) is 0 Å². The maximum absolute atomic E-state index is 13.4. The molecule has 0 unspecified atom stereocenters. The molecule has 3 aromatic rings. The maximum atomic E-state index is 13.4. The summed E-state index contributed by atoms with van der Waals surface area (Å²) in [6, 6.07) is 19.8. The minimum absolute atomic E-state index is 0.0381. The zero-order valence-corrected chi connectivity index (χ0v) is 20.3. The van der Waals surface area contributed by atoms with Crippen molar-refractivity contribution >= 4 is 39.3 Å². The zero-order chi connectivity index (χ0) is 24.0. The summed E-state index contributed by atoms with van der Waals surface area (Å²) in [6.07, 6.45) is 2.86. The van der Waals surface area contributed by atoms with Crippen molar-refractivity contribution in [3.8, 4) is 5.75 Å². The van der Waals surface area contributed by atoms with Gasteiger partial charge in [-0.05, 0) is 78.6 Å². The Labute approximate surface area is 200 Å². The lowest BCUT2D eigenvalue weighted by molar-refractivity contribution is -0.113. The molecule has 0 fully saturated rings. The first-order chi connectivity index (χ1) is 15.7. The van der Waals surface area contributed by atoms with E-state index in [2.05, 4.69) is 13.8 Å². The quantitative estimate of drug-likeness (QED) is 0.353. The van der Waals surface area contributed by atoms with Crippen molar-refractivity contribution in [1.82, 2.24) is 0 Å². The molecule has 0 heterocycles. The van der Waals surface area contributed by atoms with Crippen molar-refractivity contribution in [2.45, 2.75) is 31.6 Å². The molecule has 3 rings (SSSR count). The zero-order valence-electron chi connectivity index (χ0n) is 18.7. The highest BCUT2D eigenvalue weighted by molar-refractivity contribution is 7.93. The number of benzene rings is 3. The molecule has 1 amide bonds. The van der Waals surface area contributed by atoms with E-state index in [0.29, 0.717) is 23.3 Å². The van der Waals surface area contributed by atoms with Gasteiger partial charge in [0, 0.05) is 11.1 Å². The van der Waals surface area contributed by atoms with E-state index in [0.717, 1.165) is 9.87 Å². The van der Waals surface area contributed by atoms with Crippen molar-refractivity contribution < 1.29 is 17.9 Å². The Bertz CT molecular complexity index is 1220. The van der Waals surface area contributed by atoms with Crippen LogP contribution in [-0.2, 0) is 14.8 Å². The van der Waals surface area contributed by atoms with E-state index in [-0.39, 0.29) is 10.6 Å². The summed E-state index contributed by atoms with van der Waals surface area (Å²) in [5.74, 6) is 0.282. The molecule has 0 N–H and O–H groups in total. The first-order valence-corrected chi connectivity index (χ1v) is 12.4. The summed E-state index contributed by atoms with van der Waals surface area (Å²) in [6.45, 7) is 6.53. The van der Waals surface area contributed by atoms with Gasteiger partial charge in [0.15, 0.2) is 0 Å². The van der Waals surface area contributed by atoms with Gasteiger partial charge in [-0.15, -0.1) is 0 Å². The van der Waals surface area contributed by atoms with Crippen molar-refractivity contribution in [2.75, 3.05) is 10.9 Å². The first-order valence-electron chi connectivity index (χ1n) is 10.6. The first kappa shape index (κ1) is 24.6. The molecule has 0 aliphatic heterocycles. The van der Waals surface area contributed by atoms with E-state index < -0.39 is 15.9 Å². The van der Waals surface area contributed by atoms with Crippen LogP contribution in [-0.4, -0.2) is 20.9 Å². The average Bonchev–Trinajstić information content (AvgIpc) is 2.79. The Morgan fingerprint density at radius 3 is 2.12 bits per heavy atom. The van der Waals surface area contributed by atoms with Gasteiger partial charge in [-0.3, -0.25) is 4.79 Å². The number of ether oxygens (including phenoxy) is 1. The Balaban J connectivity index is 1.98. The minimum atomic E-state index is -4.18. The van der Waals surface area contributed by atoms with Gasteiger partial charge in [0.1, 0.15) is 5.75 Å². The van der Waals surface area contributed by atoms with E-state index in [1.165, 1.54) is 35.9 Å². The minimum Gasteiger partial charge on any atom is -0.494 e. The lowest BCUT2D eigenvalue weighted by atomic mass is 10.0. The molecule has 0 spiro atoms. The van der Waals surface area contributed by atoms with E-state index in [1.807, 2.05) is 31.2 Å². The molecular formula is C26H26ClNO4S. The van der Waals surface area contributed by atoms with Crippen molar-refractivity contribution in [3.63, 3.8) is 0 Å². The highest BCUT2D eigenvalue weighted by Gasteiger charge is 2.29. The number of rotatable bonds is 8. The molecule has 33 heavy (non-hydrogen) atoms. The van der Waals surface area contributed by atoms with Gasteiger partial charge in [-0.2, -0.15) is 4.31 Å². The van der Waals surface area contributed by atoms with Gasteiger partial charge >= 0.3 is 0 Å². The van der Waals surface area contributed by atoms with E-state index in [1.54, 1.807) is 30.3 Å². The Morgan fingerprint density at radius 1 is 0.970 bits per heavy atom. The molecule has 172 valence electrons. The highest BCUT2D eigenvalue weighted by atomic mass is 35.5. The fraction of sp³-hybridized carbons (Fsp3) is 0.192. The summed E-state index contributed by atoms with van der Waals surface area (Å²) < 4.78 is 33.1. The summed E-state index contributed by atoms with van der Waals surface area (Å²) in [4.78, 5) is 13.2. The van der Waals surface area contributed by atoms with E-state index in [4.69, 9.17) is 16.3 Å². The molecule has 0 aliphatic carbocycles. The number of sulfonamides is 1. The van der Waals surface area contributed by atoms with Crippen LogP contribution >= 0.6 is 11.6 Å². The van der Waals surface area contributed by atoms with E-state index >= 15 is 0 Å². The van der Waals surface area contributed by atoms with Gasteiger partial charge in [0.25, 0.3) is 15.9 Å². The number of nitrogens with zero attached hydrogens (tertiary/aromatic N) is 1. The number of hydrogen-bond donors (Lipinski definition) is 0. The molecule has 0 saturated carbocycles. The normalized spacial score (nSPS) is 11.7. The van der Waals surface area contributed by atoms with Gasteiger partial charge in [-0.1, -0.05) is 49.7 Å². The lowest BCUT2D eigenvalue weighted by Crippen LogP contribution is -2.35. The third-order valence-electron chi connectivity index (χ3n) is 4.96. The fourth-order valence-corrected chi connectivity index (χ4v) is 4.68. The van der Waals surface area contributed by atoms with Crippen LogP contribution in [0.3, 0.4) is 0 Å². The summed E-state index contributed by atoms with van der Waals surface area (Å²) in [5.41, 5.74) is 2.18. The monoisotopic (exact) mass is 483 g/mol. The second kappa shape index (κ2) is 10.7. The predicted molar refractivity (Wildman–Crippen MR) is 133 cm³/mol. The fourth-order valence-electron chi connectivity index (χ4n) is 3.17. The summed E-state index contributed by atoms with van der Waals surface area (Å²) in [7, 11) is -4.18. The molecule has 7 heteroatoms. The molecule has 0 atom stereocenters. The molecule has 0 aromatic heterocycles. The van der Waals surface area contributed by atoms with Gasteiger partial charge in [0.05, 0.1) is 17.2 Å². The Hall–Kier alpha value is -3.09.